The normalized spacial score (nSPS) is 24.3. The number of morpholine rings is 1. The fourth-order valence-electron chi connectivity index (χ4n) is 3.58. The van der Waals surface area contributed by atoms with E-state index in [9.17, 15) is 4.79 Å². The molecule has 0 bridgehead atoms. The molecule has 0 spiro atoms. The van der Waals surface area contributed by atoms with Crippen LogP contribution in [0.2, 0.25) is 0 Å². The summed E-state index contributed by atoms with van der Waals surface area (Å²) in [5.74, 6) is 1.84. The number of hydrogen-bond acceptors (Lipinski definition) is 6. The summed E-state index contributed by atoms with van der Waals surface area (Å²) in [5.41, 5.74) is 1.10. The first-order chi connectivity index (χ1) is 12.6. The summed E-state index contributed by atoms with van der Waals surface area (Å²) in [6.45, 7) is 7.29. The van der Waals surface area contributed by atoms with E-state index in [2.05, 4.69) is 10.2 Å². The van der Waals surface area contributed by atoms with Crippen molar-refractivity contribution in [1.82, 2.24) is 15.1 Å². The number of methoxy groups -OCH3 is 2. The number of carbonyl (C=O) groups is 1. The molecule has 2 aliphatic heterocycles. The zero-order valence-electron chi connectivity index (χ0n) is 15.9. The van der Waals surface area contributed by atoms with Gasteiger partial charge in [-0.05, 0) is 25.1 Å². The van der Waals surface area contributed by atoms with E-state index in [0.29, 0.717) is 6.61 Å². The zero-order chi connectivity index (χ0) is 18.5. The molecule has 0 radical (unpaired) electrons. The highest BCUT2D eigenvalue weighted by Crippen LogP contribution is 2.25. The van der Waals surface area contributed by atoms with Crippen molar-refractivity contribution in [2.24, 2.45) is 0 Å². The third kappa shape index (κ3) is 4.28. The maximum absolute atomic E-state index is 12.7. The van der Waals surface area contributed by atoms with Crippen molar-refractivity contribution in [2.75, 3.05) is 53.6 Å². The lowest BCUT2D eigenvalue weighted by molar-refractivity contribution is -0.141. The topological polar surface area (TPSA) is 63.3 Å². The van der Waals surface area contributed by atoms with Crippen molar-refractivity contribution < 1.29 is 19.0 Å². The summed E-state index contributed by atoms with van der Waals surface area (Å²) < 4.78 is 16.4. The Balaban J connectivity index is 1.56. The van der Waals surface area contributed by atoms with E-state index >= 15 is 0 Å². The van der Waals surface area contributed by atoms with Gasteiger partial charge in [-0.1, -0.05) is 0 Å². The van der Waals surface area contributed by atoms with Gasteiger partial charge in [0.05, 0.1) is 26.9 Å². The predicted molar refractivity (Wildman–Crippen MR) is 98.6 cm³/mol. The molecule has 2 aliphatic rings. The van der Waals surface area contributed by atoms with Crippen molar-refractivity contribution in [2.45, 2.75) is 25.6 Å². The Morgan fingerprint density at radius 2 is 2.00 bits per heavy atom. The number of hydrogen-bond donors (Lipinski definition) is 1. The Labute approximate surface area is 155 Å². The average Bonchev–Trinajstić information content (AvgIpc) is 2.68. The molecule has 144 valence electrons. The second-order valence-corrected chi connectivity index (χ2v) is 6.79. The molecule has 1 amide bonds. The van der Waals surface area contributed by atoms with Gasteiger partial charge in [-0.15, -0.1) is 0 Å². The summed E-state index contributed by atoms with van der Waals surface area (Å²) in [5, 5.41) is 3.28. The molecule has 2 atom stereocenters. The van der Waals surface area contributed by atoms with Gasteiger partial charge in [0.1, 0.15) is 17.5 Å². The van der Waals surface area contributed by atoms with E-state index in [1.807, 2.05) is 30.0 Å². The number of carbonyl (C=O) groups excluding carboxylic acids is 1. The van der Waals surface area contributed by atoms with Crippen molar-refractivity contribution in [1.29, 1.82) is 0 Å². The molecule has 0 unspecified atom stereocenters. The number of amides is 1. The monoisotopic (exact) mass is 363 g/mol. The minimum absolute atomic E-state index is 0.0738. The SMILES string of the molecule is COc1ccc(OC)c(CN2CCN(C(=O)[C@H]3NCCO[C@@H]3C)CC2)c1. The van der Waals surface area contributed by atoms with Gasteiger partial charge >= 0.3 is 0 Å². The number of nitrogens with one attached hydrogen (secondary N) is 1. The zero-order valence-corrected chi connectivity index (χ0v) is 15.9. The molecule has 7 heteroatoms. The second-order valence-electron chi connectivity index (χ2n) is 6.79. The summed E-state index contributed by atoms with van der Waals surface area (Å²) in [7, 11) is 3.35. The maximum atomic E-state index is 12.7. The Morgan fingerprint density at radius 1 is 1.23 bits per heavy atom. The van der Waals surface area contributed by atoms with Gasteiger partial charge in [-0.2, -0.15) is 0 Å². The van der Waals surface area contributed by atoms with E-state index in [1.54, 1.807) is 14.2 Å². The van der Waals surface area contributed by atoms with Crippen LogP contribution in [-0.4, -0.2) is 81.4 Å². The number of ether oxygens (including phenoxy) is 3. The summed E-state index contributed by atoms with van der Waals surface area (Å²) >= 11 is 0. The number of benzene rings is 1. The summed E-state index contributed by atoms with van der Waals surface area (Å²) in [6.07, 6.45) is -0.0738. The summed E-state index contributed by atoms with van der Waals surface area (Å²) in [4.78, 5) is 17.0. The highest BCUT2D eigenvalue weighted by atomic mass is 16.5. The van der Waals surface area contributed by atoms with E-state index in [-0.39, 0.29) is 18.1 Å². The van der Waals surface area contributed by atoms with Crippen LogP contribution < -0.4 is 14.8 Å². The molecule has 2 saturated heterocycles. The van der Waals surface area contributed by atoms with Crippen LogP contribution in [0.25, 0.3) is 0 Å². The van der Waals surface area contributed by atoms with E-state index in [1.165, 1.54) is 0 Å². The van der Waals surface area contributed by atoms with Crippen molar-refractivity contribution >= 4 is 5.91 Å². The Hall–Kier alpha value is -1.83. The molecule has 1 aromatic rings. The third-order valence-electron chi connectivity index (χ3n) is 5.15. The van der Waals surface area contributed by atoms with Gasteiger partial charge in [-0.3, -0.25) is 9.69 Å². The molecule has 7 nitrogen and oxygen atoms in total. The van der Waals surface area contributed by atoms with Gasteiger partial charge in [-0.25, -0.2) is 0 Å². The Morgan fingerprint density at radius 3 is 2.65 bits per heavy atom. The van der Waals surface area contributed by atoms with E-state index < -0.39 is 0 Å². The lowest BCUT2D eigenvalue weighted by Crippen LogP contribution is -2.59. The molecule has 1 N–H and O–H groups in total. The first-order valence-corrected chi connectivity index (χ1v) is 9.19. The van der Waals surface area contributed by atoms with Crippen LogP contribution in [0.5, 0.6) is 11.5 Å². The first-order valence-electron chi connectivity index (χ1n) is 9.19. The van der Waals surface area contributed by atoms with Crippen LogP contribution >= 0.6 is 0 Å². The van der Waals surface area contributed by atoms with Crippen molar-refractivity contribution in [3.8, 4) is 11.5 Å². The highest BCUT2D eigenvalue weighted by molar-refractivity contribution is 5.82. The molecule has 2 heterocycles. The van der Waals surface area contributed by atoms with Crippen LogP contribution in [-0.2, 0) is 16.1 Å². The summed E-state index contributed by atoms with van der Waals surface area (Å²) in [6, 6.07) is 5.62. The molecule has 26 heavy (non-hydrogen) atoms. The molecule has 0 saturated carbocycles. The van der Waals surface area contributed by atoms with Crippen molar-refractivity contribution in [3.05, 3.63) is 23.8 Å². The molecule has 1 aromatic carbocycles. The van der Waals surface area contributed by atoms with Crippen LogP contribution in [0.15, 0.2) is 18.2 Å². The number of piperazine rings is 1. The lowest BCUT2D eigenvalue weighted by Gasteiger charge is -2.39. The average molecular weight is 363 g/mol. The van der Waals surface area contributed by atoms with Crippen molar-refractivity contribution in [3.63, 3.8) is 0 Å². The molecule has 3 rings (SSSR count). The molecule has 0 aromatic heterocycles. The predicted octanol–water partition coefficient (Wildman–Crippen LogP) is 0.725. The quantitative estimate of drug-likeness (QED) is 0.832. The van der Waals surface area contributed by atoms with E-state index in [4.69, 9.17) is 14.2 Å². The first kappa shape index (κ1) is 18.9. The Bertz CT molecular complexity index is 617. The third-order valence-corrected chi connectivity index (χ3v) is 5.15. The van der Waals surface area contributed by atoms with Crippen LogP contribution in [0.4, 0.5) is 0 Å². The van der Waals surface area contributed by atoms with Gasteiger partial charge in [0.15, 0.2) is 0 Å². The molecular weight excluding hydrogens is 334 g/mol. The smallest absolute Gasteiger partial charge is 0.242 e. The Kier molecular flexibility index (Phi) is 6.34. The van der Waals surface area contributed by atoms with Gasteiger partial charge in [0.2, 0.25) is 5.91 Å². The second kappa shape index (κ2) is 8.70. The fourth-order valence-corrected chi connectivity index (χ4v) is 3.58. The van der Waals surface area contributed by atoms with Gasteiger partial charge < -0.3 is 24.4 Å². The van der Waals surface area contributed by atoms with E-state index in [0.717, 1.165) is 56.3 Å². The minimum Gasteiger partial charge on any atom is -0.497 e. The standard InChI is InChI=1S/C19H29N3O4/c1-14-18(20-6-11-26-14)19(23)22-9-7-21(8-10-22)13-15-12-16(24-2)4-5-17(15)25-3/h4-5,12,14,18,20H,6-11,13H2,1-3H3/t14-,18+/m1/s1. The van der Waals surface area contributed by atoms with Crippen LogP contribution in [0.1, 0.15) is 12.5 Å². The fraction of sp³-hybridized carbons (Fsp3) is 0.632. The van der Waals surface area contributed by atoms with Crippen LogP contribution in [0, 0.1) is 0 Å². The lowest BCUT2D eigenvalue weighted by atomic mass is 10.1. The number of rotatable bonds is 5. The molecular formula is C19H29N3O4. The largest absolute Gasteiger partial charge is 0.497 e. The van der Waals surface area contributed by atoms with Gasteiger partial charge in [0, 0.05) is 44.8 Å². The number of nitrogens with zero attached hydrogens (tertiary/aromatic N) is 2. The maximum Gasteiger partial charge on any atom is 0.242 e. The molecule has 2 fully saturated rings. The minimum atomic E-state index is -0.228. The molecule has 0 aliphatic carbocycles. The van der Waals surface area contributed by atoms with Crippen LogP contribution in [0.3, 0.4) is 0 Å². The van der Waals surface area contributed by atoms with Gasteiger partial charge in [0.25, 0.3) is 0 Å². The highest BCUT2D eigenvalue weighted by Gasteiger charge is 2.33.